The lowest BCUT2D eigenvalue weighted by Gasteiger charge is -2.21. The predicted molar refractivity (Wildman–Crippen MR) is 73.9 cm³/mol. The molecule has 0 radical (unpaired) electrons. The van der Waals surface area contributed by atoms with Crippen molar-refractivity contribution in [1.82, 2.24) is 10.2 Å². The highest BCUT2D eigenvalue weighted by molar-refractivity contribution is 7.80. The van der Waals surface area contributed by atoms with Crippen LogP contribution < -0.4 is 5.32 Å². The number of amides is 2. The molecule has 0 saturated carbocycles. The Bertz CT molecular complexity index is 480. The lowest BCUT2D eigenvalue weighted by Crippen LogP contribution is -2.40. The topological polar surface area (TPSA) is 49.4 Å². The minimum Gasteiger partial charge on any atom is -0.358 e. The zero-order valence-electron chi connectivity index (χ0n) is 10.9. The van der Waals surface area contributed by atoms with Gasteiger partial charge < -0.3 is 10.2 Å². The van der Waals surface area contributed by atoms with Crippen molar-refractivity contribution < 1.29 is 14.0 Å². The van der Waals surface area contributed by atoms with Gasteiger partial charge in [-0.1, -0.05) is 6.92 Å². The van der Waals surface area contributed by atoms with Crippen molar-refractivity contribution in [3.05, 3.63) is 29.6 Å². The quantitative estimate of drug-likeness (QED) is 0.809. The number of thiol groups is 1. The number of nitrogens with one attached hydrogen (secondary N) is 1. The molecule has 0 aliphatic heterocycles. The third kappa shape index (κ3) is 4.24. The van der Waals surface area contributed by atoms with E-state index in [9.17, 15) is 14.0 Å². The molecule has 6 heteroatoms. The molecule has 1 N–H and O–H groups in total. The first-order valence-electron chi connectivity index (χ1n) is 5.98. The molecule has 2 amide bonds. The third-order valence-electron chi connectivity index (χ3n) is 2.57. The van der Waals surface area contributed by atoms with Gasteiger partial charge in [-0.2, -0.15) is 0 Å². The molecule has 0 aromatic heterocycles. The van der Waals surface area contributed by atoms with Crippen LogP contribution in [-0.2, 0) is 4.79 Å². The molecule has 0 saturated heterocycles. The number of hydrogen-bond donors (Lipinski definition) is 2. The molecular weight excluding hydrogens is 267 g/mol. The third-order valence-corrected chi connectivity index (χ3v) is 2.85. The predicted octanol–water partition coefficient (Wildman–Crippen LogP) is 1.71. The summed E-state index contributed by atoms with van der Waals surface area (Å²) in [6, 6.07) is 4.03. The molecule has 1 rings (SSSR count). The minimum atomic E-state index is -0.610. The van der Waals surface area contributed by atoms with Crippen LogP contribution in [0.3, 0.4) is 0 Å². The van der Waals surface area contributed by atoms with Gasteiger partial charge in [0.25, 0.3) is 5.91 Å². The van der Waals surface area contributed by atoms with E-state index in [0.29, 0.717) is 17.9 Å². The first-order valence-corrected chi connectivity index (χ1v) is 6.42. The Labute approximate surface area is 117 Å². The van der Waals surface area contributed by atoms with Crippen LogP contribution in [-0.4, -0.2) is 36.9 Å². The fourth-order valence-electron chi connectivity index (χ4n) is 1.62. The number of nitrogens with zero attached hydrogens (tertiary/aromatic N) is 1. The van der Waals surface area contributed by atoms with Gasteiger partial charge >= 0.3 is 0 Å². The molecule has 0 heterocycles. The molecule has 0 aliphatic rings. The Kier molecular flexibility index (Phi) is 5.82. The van der Waals surface area contributed by atoms with E-state index < -0.39 is 11.7 Å². The number of carbonyl (C=O) groups excluding carboxylic acids is 2. The molecule has 1 aromatic carbocycles. The van der Waals surface area contributed by atoms with E-state index in [1.165, 1.54) is 30.1 Å². The van der Waals surface area contributed by atoms with Crippen molar-refractivity contribution in [2.75, 3.05) is 20.1 Å². The van der Waals surface area contributed by atoms with E-state index in [1.807, 2.05) is 6.92 Å². The molecule has 104 valence electrons. The summed E-state index contributed by atoms with van der Waals surface area (Å²) in [5.74, 6) is -1.40. The van der Waals surface area contributed by atoms with Crippen LogP contribution in [0.25, 0.3) is 0 Å². The summed E-state index contributed by atoms with van der Waals surface area (Å²) >= 11 is 4.09. The molecular formula is C13H17FN2O2S. The summed E-state index contributed by atoms with van der Waals surface area (Å²) in [4.78, 5) is 25.4. The van der Waals surface area contributed by atoms with Crippen molar-refractivity contribution in [3.63, 3.8) is 0 Å². The lowest BCUT2D eigenvalue weighted by atomic mass is 10.1. The maximum Gasteiger partial charge on any atom is 0.257 e. The molecule has 19 heavy (non-hydrogen) atoms. The van der Waals surface area contributed by atoms with Crippen molar-refractivity contribution in [2.45, 2.75) is 18.2 Å². The highest BCUT2D eigenvalue weighted by atomic mass is 32.1. The monoisotopic (exact) mass is 284 g/mol. The Balaban J connectivity index is 2.98. The van der Waals surface area contributed by atoms with Gasteiger partial charge in [0.05, 0.1) is 12.1 Å². The van der Waals surface area contributed by atoms with E-state index in [4.69, 9.17) is 0 Å². The van der Waals surface area contributed by atoms with Crippen LogP contribution in [0.2, 0.25) is 0 Å². The first kappa shape index (κ1) is 15.5. The largest absolute Gasteiger partial charge is 0.358 e. The highest BCUT2D eigenvalue weighted by Crippen LogP contribution is 2.15. The average molecular weight is 284 g/mol. The number of halogens is 1. The highest BCUT2D eigenvalue weighted by Gasteiger charge is 2.20. The van der Waals surface area contributed by atoms with E-state index in [-0.39, 0.29) is 18.0 Å². The maximum atomic E-state index is 13.7. The normalized spacial score (nSPS) is 10.1. The smallest absolute Gasteiger partial charge is 0.257 e. The molecule has 0 bridgehead atoms. The summed E-state index contributed by atoms with van der Waals surface area (Å²) in [6.07, 6.45) is 0.685. The lowest BCUT2D eigenvalue weighted by molar-refractivity contribution is -0.121. The Morgan fingerprint density at radius 3 is 2.68 bits per heavy atom. The van der Waals surface area contributed by atoms with Gasteiger partial charge in [0.2, 0.25) is 5.91 Å². The molecule has 4 nitrogen and oxygen atoms in total. The van der Waals surface area contributed by atoms with Crippen molar-refractivity contribution in [1.29, 1.82) is 0 Å². The van der Waals surface area contributed by atoms with Gasteiger partial charge in [-0.25, -0.2) is 4.39 Å². The molecule has 0 fully saturated rings. The number of likely N-dealkylation sites (N-methyl/N-ethyl adjacent to an activating group) is 1. The Hall–Kier alpha value is -1.56. The number of rotatable bonds is 5. The summed E-state index contributed by atoms with van der Waals surface area (Å²) in [5.41, 5.74) is -0.0650. The second kappa shape index (κ2) is 7.13. The van der Waals surface area contributed by atoms with E-state index in [0.717, 1.165) is 0 Å². The van der Waals surface area contributed by atoms with Gasteiger partial charge in [-0.05, 0) is 24.6 Å². The van der Waals surface area contributed by atoms with Crippen LogP contribution >= 0.6 is 12.6 Å². The molecule has 1 aromatic rings. The van der Waals surface area contributed by atoms with Crippen LogP contribution in [0.15, 0.2) is 23.1 Å². The first-order chi connectivity index (χ1) is 8.99. The Morgan fingerprint density at radius 2 is 2.11 bits per heavy atom. The van der Waals surface area contributed by atoms with Gasteiger partial charge in [0.1, 0.15) is 5.82 Å². The van der Waals surface area contributed by atoms with E-state index in [2.05, 4.69) is 17.9 Å². The van der Waals surface area contributed by atoms with E-state index >= 15 is 0 Å². The van der Waals surface area contributed by atoms with Crippen LogP contribution in [0, 0.1) is 5.82 Å². The number of benzene rings is 1. The standard InChI is InChI=1S/C13H17FN2O2S/c1-3-6-16(8-12(17)15-2)13(18)10-7-9(19)4-5-11(10)14/h4-5,7,19H,3,6,8H2,1-2H3,(H,15,17). The number of carbonyl (C=O) groups is 2. The fraction of sp³-hybridized carbons (Fsp3) is 0.385. The van der Waals surface area contributed by atoms with Gasteiger partial charge in [-0.15, -0.1) is 12.6 Å². The SMILES string of the molecule is CCCN(CC(=O)NC)C(=O)c1cc(S)ccc1F. The Morgan fingerprint density at radius 1 is 1.42 bits per heavy atom. The molecule has 0 atom stereocenters. The van der Waals surface area contributed by atoms with Crippen molar-refractivity contribution in [2.24, 2.45) is 0 Å². The van der Waals surface area contributed by atoms with Crippen LogP contribution in [0.4, 0.5) is 4.39 Å². The van der Waals surface area contributed by atoms with Gasteiger partial charge in [0.15, 0.2) is 0 Å². The molecule has 0 unspecified atom stereocenters. The summed E-state index contributed by atoms with van der Waals surface area (Å²) in [6.45, 7) is 2.19. The summed E-state index contributed by atoms with van der Waals surface area (Å²) in [5, 5.41) is 2.44. The maximum absolute atomic E-state index is 13.7. The second-order valence-electron chi connectivity index (χ2n) is 4.06. The van der Waals surface area contributed by atoms with Crippen LogP contribution in [0.1, 0.15) is 23.7 Å². The second-order valence-corrected chi connectivity index (χ2v) is 4.58. The molecule has 0 aliphatic carbocycles. The zero-order valence-corrected chi connectivity index (χ0v) is 11.8. The van der Waals surface area contributed by atoms with Crippen LogP contribution in [0.5, 0.6) is 0 Å². The average Bonchev–Trinajstić information content (AvgIpc) is 2.40. The zero-order chi connectivity index (χ0) is 14.4. The summed E-state index contributed by atoms with van der Waals surface area (Å²) in [7, 11) is 1.49. The van der Waals surface area contributed by atoms with E-state index in [1.54, 1.807) is 0 Å². The fourth-order valence-corrected chi connectivity index (χ4v) is 1.83. The van der Waals surface area contributed by atoms with Crippen molar-refractivity contribution >= 4 is 24.4 Å². The minimum absolute atomic E-state index is 0.0650. The molecule has 0 spiro atoms. The van der Waals surface area contributed by atoms with Crippen molar-refractivity contribution in [3.8, 4) is 0 Å². The van der Waals surface area contributed by atoms with Gasteiger partial charge in [-0.3, -0.25) is 9.59 Å². The summed E-state index contributed by atoms with van der Waals surface area (Å²) < 4.78 is 13.7. The number of hydrogen-bond acceptors (Lipinski definition) is 3. The van der Waals surface area contributed by atoms with Gasteiger partial charge in [0, 0.05) is 18.5 Å².